The molecule has 15 heavy (non-hydrogen) atoms. The molecule has 5 heteroatoms. The standard InChI is InChI=1S/C10H15N3O2/c1-2-14-9-6-8(11)12-10(13-9)7-4-3-5-15-7/h6-7H,2-5H2,1H3,(H2,11,12,13). The summed E-state index contributed by atoms with van der Waals surface area (Å²) in [5, 5.41) is 0. The molecule has 0 aromatic carbocycles. The van der Waals surface area contributed by atoms with Gasteiger partial charge in [-0.05, 0) is 19.8 Å². The fourth-order valence-electron chi connectivity index (χ4n) is 1.61. The number of nitrogens with two attached hydrogens (primary N) is 1. The maximum atomic E-state index is 5.67. The van der Waals surface area contributed by atoms with Gasteiger partial charge in [0.1, 0.15) is 11.9 Å². The third-order valence-corrected chi connectivity index (χ3v) is 2.25. The first kappa shape index (κ1) is 10.2. The smallest absolute Gasteiger partial charge is 0.218 e. The van der Waals surface area contributed by atoms with Gasteiger partial charge in [0.15, 0.2) is 5.82 Å². The highest BCUT2D eigenvalue weighted by atomic mass is 16.5. The molecular weight excluding hydrogens is 194 g/mol. The molecule has 2 rings (SSSR count). The van der Waals surface area contributed by atoms with Crippen LogP contribution in [0.5, 0.6) is 5.88 Å². The number of aromatic nitrogens is 2. The molecule has 0 aliphatic carbocycles. The Balaban J connectivity index is 2.22. The number of nitrogens with zero attached hydrogens (tertiary/aromatic N) is 2. The average Bonchev–Trinajstić information content (AvgIpc) is 2.70. The Kier molecular flexibility index (Phi) is 3.01. The second-order valence-corrected chi connectivity index (χ2v) is 3.42. The van der Waals surface area contributed by atoms with Gasteiger partial charge in [-0.3, -0.25) is 0 Å². The van der Waals surface area contributed by atoms with Gasteiger partial charge < -0.3 is 15.2 Å². The van der Waals surface area contributed by atoms with E-state index in [9.17, 15) is 0 Å². The molecule has 1 fully saturated rings. The second kappa shape index (κ2) is 4.44. The van der Waals surface area contributed by atoms with Crippen LogP contribution in [-0.4, -0.2) is 23.2 Å². The van der Waals surface area contributed by atoms with E-state index in [1.54, 1.807) is 6.07 Å². The molecule has 2 N–H and O–H groups in total. The molecule has 0 bridgehead atoms. The average molecular weight is 209 g/mol. The molecule has 1 aromatic heterocycles. The Morgan fingerprint density at radius 1 is 1.60 bits per heavy atom. The Labute approximate surface area is 88.6 Å². The van der Waals surface area contributed by atoms with Crippen molar-refractivity contribution in [2.75, 3.05) is 18.9 Å². The monoisotopic (exact) mass is 209 g/mol. The lowest BCUT2D eigenvalue weighted by Crippen LogP contribution is -2.07. The molecule has 1 saturated heterocycles. The largest absolute Gasteiger partial charge is 0.478 e. The molecule has 1 aromatic rings. The summed E-state index contributed by atoms with van der Waals surface area (Å²) < 4.78 is 10.8. The van der Waals surface area contributed by atoms with Gasteiger partial charge in [0, 0.05) is 12.7 Å². The van der Waals surface area contributed by atoms with Gasteiger partial charge in [-0.25, -0.2) is 4.98 Å². The minimum Gasteiger partial charge on any atom is -0.478 e. The Hall–Kier alpha value is -1.36. The van der Waals surface area contributed by atoms with E-state index in [2.05, 4.69) is 9.97 Å². The van der Waals surface area contributed by atoms with Crippen LogP contribution in [-0.2, 0) is 4.74 Å². The van der Waals surface area contributed by atoms with Gasteiger partial charge in [0.05, 0.1) is 6.61 Å². The van der Waals surface area contributed by atoms with E-state index in [1.165, 1.54) is 0 Å². The van der Waals surface area contributed by atoms with Crippen LogP contribution in [0.4, 0.5) is 5.82 Å². The maximum Gasteiger partial charge on any atom is 0.218 e. The number of nitrogen functional groups attached to an aromatic ring is 1. The first-order chi connectivity index (χ1) is 7.29. The molecule has 1 aliphatic rings. The Bertz CT molecular complexity index is 337. The summed E-state index contributed by atoms with van der Waals surface area (Å²) in [6.45, 7) is 3.25. The van der Waals surface area contributed by atoms with E-state index in [0.717, 1.165) is 19.4 Å². The molecular formula is C10H15N3O2. The summed E-state index contributed by atoms with van der Waals surface area (Å²) >= 11 is 0. The third-order valence-electron chi connectivity index (χ3n) is 2.25. The lowest BCUT2D eigenvalue weighted by atomic mass is 10.2. The van der Waals surface area contributed by atoms with Gasteiger partial charge in [0.2, 0.25) is 5.88 Å². The van der Waals surface area contributed by atoms with Crippen molar-refractivity contribution in [3.63, 3.8) is 0 Å². The molecule has 1 atom stereocenters. The molecule has 0 spiro atoms. The van der Waals surface area contributed by atoms with Crippen LogP contribution < -0.4 is 10.5 Å². The van der Waals surface area contributed by atoms with Crippen LogP contribution in [0.2, 0.25) is 0 Å². The summed E-state index contributed by atoms with van der Waals surface area (Å²) in [4.78, 5) is 8.43. The molecule has 0 saturated carbocycles. The fourth-order valence-corrected chi connectivity index (χ4v) is 1.61. The molecule has 1 aliphatic heterocycles. The zero-order valence-corrected chi connectivity index (χ0v) is 8.77. The van der Waals surface area contributed by atoms with Crippen LogP contribution in [0.25, 0.3) is 0 Å². The van der Waals surface area contributed by atoms with Gasteiger partial charge in [0.25, 0.3) is 0 Å². The van der Waals surface area contributed by atoms with Crippen LogP contribution >= 0.6 is 0 Å². The summed E-state index contributed by atoms with van der Waals surface area (Å²) in [6.07, 6.45) is 1.98. The molecule has 82 valence electrons. The quantitative estimate of drug-likeness (QED) is 0.812. The van der Waals surface area contributed by atoms with Gasteiger partial charge in [-0.1, -0.05) is 0 Å². The summed E-state index contributed by atoms with van der Waals surface area (Å²) in [6, 6.07) is 1.63. The van der Waals surface area contributed by atoms with Gasteiger partial charge in [-0.15, -0.1) is 0 Å². The third kappa shape index (κ3) is 2.36. The van der Waals surface area contributed by atoms with E-state index in [-0.39, 0.29) is 6.10 Å². The first-order valence-electron chi connectivity index (χ1n) is 5.18. The van der Waals surface area contributed by atoms with E-state index >= 15 is 0 Å². The number of anilines is 1. The first-order valence-corrected chi connectivity index (χ1v) is 5.18. The fraction of sp³-hybridized carbons (Fsp3) is 0.600. The van der Waals surface area contributed by atoms with Gasteiger partial charge in [-0.2, -0.15) is 4.98 Å². The maximum absolute atomic E-state index is 5.67. The van der Waals surface area contributed by atoms with Crippen molar-refractivity contribution in [3.8, 4) is 5.88 Å². The molecule has 2 heterocycles. The van der Waals surface area contributed by atoms with E-state index in [1.807, 2.05) is 6.92 Å². The predicted octanol–water partition coefficient (Wildman–Crippen LogP) is 1.31. The van der Waals surface area contributed by atoms with Crippen molar-refractivity contribution in [1.29, 1.82) is 0 Å². The summed E-state index contributed by atoms with van der Waals surface area (Å²) in [5.74, 6) is 1.59. The number of hydrogen-bond donors (Lipinski definition) is 1. The predicted molar refractivity (Wildman–Crippen MR) is 55.5 cm³/mol. The summed E-state index contributed by atoms with van der Waals surface area (Å²) in [7, 11) is 0. The van der Waals surface area contributed by atoms with E-state index in [0.29, 0.717) is 24.1 Å². The highest BCUT2D eigenvalue weighted by Crippen LogP contribution is 2.27. The van der Waals surface area contributed by atoms with Crippen molar-refractivity contribution >= 4 is 5.82 Å². The number of rotatable bonds is 3. The second-order valence-electron chi connectivity index (χ2n) is 3.42. The van der Waals surface area contributed by atoms with Crippen molar-refractivity contribution in [3.05, 3.63) is 11.9 Å². The van der Waals surface area contributed by atoms with E-state index < -0.39 is 0 Å². The van der Waals surface area contributed by atoms with Crippen LogP contribution in [0.3, 0.4) is 0 Å². The minimum atomic E-state index is -0.0206. The normalized spacial score (nSPS) is 20.5. The minimum absolute atomic E-state index is 0.0206. The van der Waals surface area contributed by atoms with Crippen LogP contribution in [0.15, 0.2) is 6.07 Å². The van der Waals surface area contributed by atoms with Crippen LogP contribution in [0, 0.1) is 0 Å². The van der Waals surface area contributed by atoms with Crippen molar-refractivity contribution in [2.45, 2.75) is 25.9 Å². The molecule has 0 amide bonds. The Morgan fingerprint density at radius 3 is 3.13 bits per heavy atom. The zero-order valence-electron chi connectivity index (χ0n) is 8.77. The highest BCUT2D eigenvalue weighted by Gasteiger charge is 2.21. The van der Waals surface area contributed by atoms with Crippen LogP contribution in [0.1, 0.15) is 31.7 Å². The van der Waals surface area contributed by atoms with Gasteiger partial charge >= 0.3 is 0 Å². The lowest BCUT2D eigenvalue weighted by Gasteiger charge is -2.10. The zero-order chi connectivity index (χ0) is 10.7. The molecule has 5 nitrogen and oxygen atoms in total. The topological polar surface area (TPSA) is 70.3 Å². The SMILES string of the molecule is CCOc1cc(N)nc(C2CCCO2)n1. The lowest BCUT2D eigenvalue weighted by molar-refractivity contribution is 0.104. The van der Waals surface area contributed by atoms with E-state index in [4.69, 9.17) is 15.2 Å². The molecule has 0 radical (unpaired) electrons. The number of hydrogen-bond acceptors (Lipinski definition) is 5. The van der Waals surface area contributed by atoms with Crippen molar-refractivity contribution in [2.24, 2.45) is 0 Å². The highest BCUT2D eigenvalue weighted by molar-refractivity contribution is 5.33. The molecule has 1 unspecified atom stereocenters. The van der Waals surface area contributed by atoms with Crippen molar-refractivity contribution < 1.29 is 9.47 Å². The van der Waals surface area contributed by atoms with Crippen molar-refractivity contribution in [1.82, 2.24) is 9.97 Å². The Morgan fingerprint density at radius 2 is 2.47 bits per heavy atom. The summed E-state index contributed by atoms with van der Waals surface area (Å²) in [5.41, 5.74) is 5.67. The number of ether oxygens (including phenoxy) is 2.